The average molecular weight is 395 g/mol. The van der Waals surface area contributed by atoms with Crippen molar-refractivity contribution in [3.63, 3.8) is 0 Å². The smallest absolute Gasteiger partial charge is 0.322 e. The van der Waals surface area contributed by atoms with Crippen LogP contribution in [-0.2, 0) is 0 Å². The minimum absolute atomic E-state index is 0.00789. The lowest BCUT2D eigenvalue weighted by Gasteiger charge is -2.22. The topological polar surface area (TPSA) is 95.1 Å². The first-order valence-electron chi connectivity index (χ1n) is 8.92. The van der Waals surface area contributed by atoms with E-state index in [2.05, 4.69) is 15.5 Å². The van der Waals surface area contributed by atoms with Crippen molar-refractivity contribution in [1.29, 1.82) is 5.26 Å². The number of benzene rings is 2. The zero-order chi connectivity index (χ0) is 20.4. The summed E-state index contributed by atoms with van der Waals surface area (Å²) in [6.07, 6.45) is 1.35. The molecule has 0 spiro atoms. The molecule has 1 N–H and O–H groups in total. The summed E-state index contributed by atoms with van der Waals surface area (Å²) in [5.41, 5.74) is 0.951. The van der Waals surface area contributed by atoms with Gasteiger partial charge in [-0.1, -0.05) is 11.2 Å². The Morgan fingerprint density at radius 3 is 2.93 bits per heavy atom. The predicted molar refractivity (Wildman–Crippen MR) is 98.5 cm³/mol. The number of likely N-dealkylation sites (tertiary alicyclic amines) is 1. The van der Waals surface area contributed by atoms with Gasteiger partial charge in [-0.2, -0.15) is 10.2 Å². The number of carbonyl (C=O) groups excluding carboxylic acids is 1. The van der Waals surface area contributed by atoms with Crippen LogP contribution in [-0.4, -0.2) is 27.6 Å². The van der Waals surface area contributed by atoms with Crippen LogP contribution in [0.4, 0.5) is 19.3 Å². The second kappa shape index (κ2) is 7.67. The van der Waals surface area contributed by atoms with Crippen molar-refractivity contribution in [3.8, 4) is 17.5 Å². The summed E-state index contributed by atoms with van der Waals surface area (Å²) in [6, 6.07) is 10.9. The van der Waals surface area contributed by atoms with Crippen molar-refractivity contribution in [2.24, 2.45) is 0 Å². The molecule has 1 fully saturated rings. The van der Waals surface area contributed by atoms with Gasteiger partial charge in [-0.25, -0.2) is 13.6 Å². The third-order valence-corrected chi connectivity index (χ3v) is 4.66. The molecule has 0 aliphatic carbocycles. The minimum atomic E-state index is -0.796. The lowest BCUT2D eigenvalue weighted by atomic mass is 10.2. The Balaban J connectivity index is 1.53. The molecule has 2 amide bonds. The number of nitrogens with one attached hydrogen (secondary N) is 1. The van der Waals surface area contributed by atoms with Crippen molar-refractivity contribution < 1.29 is 18.1 Å². The van der Waals surface area contributed by atoms with E-state index in [-0.39, 0.29) is 23.3 Å². The molecule has 1 aliphatic heterocycles. The van der Waals surface area contributed by atoms with Gasteiger partial charge in [0.1, 0.15) is 17.7 Å². The van der Waals surface area contributed by atoms with Gasteiger partial charge in [-0.15, -0.1) is 0 Å². The maximum absolute atomic E-state index is 14.0. The molecule has 4 rings (SSSR count). The molecule has 29 heavy (non-hydrogen) atoms. The van der Waals surface area contributed by atoms with Crippen molar-refractivity contribution in [2.45, 2.75) is 18.9 Å². The van der Waals surface area contributed by atoms with Gasteiger partial charge in [-0.3, -0.25) is 0 Å². The van der Waals surface area contributed by atoms with Gasteiger partial charge in [0.2, 0.25) is 11.7 Å². The summed E-state index contributed by atoms with van der Waals surface area (Å²) in [5.74, 6) is -1.32. The van der Waals surface area contributed by atoms with Crippen LogP contribution in [0.2, 0.25) is 0 Å². The highest BCUT2D eigenvalue weighted by Crippen LogP contribution is 2.33. The highest BCUT2D eigenvalue weighted by atomic mass is 19.1. The molecule has 9 heteroatoms. The fourth-order valence-electron chi connectivity index (χ4n) is 3.28. The number of nitrogens with zero attached hydrogens (tertiary/aromatic N) is 4. The molecule has 1 atom stereocenters. The summed E-state index contributed by atoms with van der Waals surface area (Å²) >= 11 is 0. The second-order valence-electron chi connectivity index (χ2n) is 6.55. The predicted octanol–water partition coefficient (Wildman–Crippen LogP) is 4.26. The van der Waals surface area contributed by atoms with Crippen molar-refractivity contribution in [2.75, 3.05) is 11.9 Å². The number of rotatable bonds is 3. The molecule has 0 bridgehead atoms. The van der Waals surface area contributed by atoms with Gasteiger partial charge in [0.15, 0.2) is 0 Å². The number of anilines is 1. The largest absolute Gasteiger partial charge is 0.337 e. The molecule has 1 aliphatic rings. The summed E-state index contributed by atoms with van der Waals surface area (Å²) in [5, 5.41) is 15.5. The Labute approximate surface area is 164 Å². The number of amides is 2. The van der Waals surface area contributed by atoms with Gasteiger partial charge < -0.3 is 14.7 Å². The zero-order valence-corrected chi connectivity index (χ0v) is 15.1. The van der Waals surface area contributed by atoms with Crippen molar-refractivity contribution >= 4 is 11.7 Å². The molecule has 0 unspecified atom stereocenters. The van der Waals surface area contributed by atoms with E-state index in [9.17, 15) is 13.6 Å². The lowest BCUT2D eigenvalue weighted by Crippen LogP contribution is -2.34. The first-order valence-corrected chi connectivity index (χ1v) is 8.92. The van der Waals surface area contributed by atoms with E-state index in [0.717, 1.165) is 18.6 Å². The van der Waals surface area contributed by atoms with E-state index in [1.165, 1.54) is 6.07 Å². The quantitative estimate of drug-likeness (QED) is 0.715. The SMILES string of the molecule is N#Cc1cccc(NC(=O)N2CCC[C@H]2c2nc(-c3ccc(F)cc3F)no2)c1. The van der Waals surface area contributed by atoms with Gasteiger partial charge in [-0.05, 0) is 43.2 Å². The Hall–Kier alpha value is -3.80. The highest BCUT2D eigenvalue weighted by Gasteiger charge is 2.34. The minimum Gasteiger partial charge on any atom is -0.337 e. The molecule has 1 aromatic heterocycles. The Morgan fingerprint density at radius 2 is 2.14 bits per heavy atom. The molecule has 0 saturated carbocycles. The van der Waals surface area contributed by atoms with Crippen LogP contribution >= 0.6 is 0 Å². The number of hydrogen-bond acceptors (Lipinski definition) is 5. The first-order chi connectivity index (χ1) is 14.0. The van der Waals surface area contributed by atoms with Crippen LogP contribution in [0, 0.1) is 23.0 Å². The normalized spacial score (nSPS) is 15.9. The van der Waals surface area contributed by atoms with Gasteiger partial charge in [0.25, 0.3) is 0 Å². The van der Waals surface area contributed by atoms with Crippen LogP contribution in [0.1, 0.15) is 30.3 Å². The van der Waals surface area contributed by atoms with E-state index in [4.69, 9.17) is 9.78 Å². The molecular formula is C20H15F2N5O2. The van der Waals surface area contributed by atoms with Crippen molar-refractivity contribution in [3.05, 3.63) is 65.6 Å². The number of halogens is 2. The summed E-state index contributed by atoms with van der Waals surface area (Å²) in [7, 11) is 0. The lowest BCUT2D eigenvalue weighted by molar-refractivity contribution is 0.193. The number of urea groups is 1. The molecule has 146 valence electrons. The van der Waals surface area contributed by atoms with Crippen LogP contribution in [0.3, 0.4) is 0 Å². The van der Waals surface area contributed by atoms with Crippen molar-refractivity contribution in [1.82, 2.24) is 15.0 Å². The monoisotopic (exact) mass is 395 g/mol. The second-order valence-corrected chi connectivity index (χ2v) is 6.55. The zero-order valence-electron chi connectivity index (χ0n) is 15.1. The fraction of sp³-hybridized carbons (Fsp3) is 0.200. The van der Waals surface area contributed by atoms with Gasteiger partial charge in [0, 0.05) is 18.3 Å². The highest BCUT2D eigenvalue weighted by molar-refractivity contribution is 5.90. The van der Waals surface area contributed by atoms with Crippen LogP contribution in [0.5, 0.6) is 0 Å². The number of hydrogen-bond donors (Lipinski definition) is 1. The van der Waals surface area contributed by atoms with Gasteiger partial charge in [0.05, 0.1) is 17.2 Å². The van der Waals surface area contributed by atoms with Crippen LogP contribution in [0.15, 0.2) is 47.0 Å². The Morgan fingerprint density at radius 1 is 1.28 bits per heavy atom. The summed E-state index contributed by atoms with van der Waals surface area (Å²) < 4.78 is 32.3. The molecule has 0 radical (unpaired) electrons. The molecule has 1 saturated heterocycles. The Bertz CT molecular complexity index is 1110. The maximum atomic E-state index is 14.0. The Kier molecular flexibility index (Phi) is 4.91. The van der Waals surface area contributed by atoms with E-state index in [1.54, 1.807) is 29.2 Å². The standard InChI is InChI=1S/C20H15F2N5O2/c21-13-6-7-15(16(22)10-13)18-25-19(29-26-18)17-5-2-8-27(17)20(28)24-14-4-1-3-12(9-14)11-23/h1,3-4,6-7,9-10,17H,2,5,8H2,(H,24,28)/t17-/m0/s1. The molecule has 3 aromatic rings. The van der Waals surface area contributed by atoms with E-state index in [1.807, 2.05) is 6.07 Å². The molecular weight excluding hydrogens is 380 g/mol. The third-order valence-electron chi connectivity index (χ3n) is 4.66. The fourth-order valence-corrected chi connectivity index (χ4v) is 3.28. The summed E-state index contributed by atoms with van der Waals surface area (Å²) in [6.45, 7) is 0.483. The maximum Gasteiger partial charge on any atom is 0.322 e. The van der Waals surface area contributed by atoms with Gasteiger partial charge >= 0.3 is 6.03 Å². The first kappa shape index (κ1) is 18.6. The van der Waals surface area contributed by atoms with Crippen LogP contribution < -0.4 is 5.32 Å². The van der Waals surface area contributed by atoms with E-state index >= 15 is 0 Å². The molecule has 7 nitrogen and oxygen atoms in total. The van der Waals surface area contributed by atoms with Crippen LogP contribution in [0.25, 0.3) is 11.4 Å². The number of nitriles is 1. The van der Waals surface area contributed by atoms with E-state index in [0.29, 0.717) is 24.2 Å². The number of aromatic nitrogens is 2. The molecule has 2 heterocycles. The third kappa shape index (κ3) is 3.78. The average Bonchev–Trinajstić information content (AvgIpc) is 3.37. The van der Waals surface area contributed by atoms with E-state index < -0.39 is 17.7 Å². The number of carbonyl (C=O) groups is 1. The summed E-state index contributed by atoms with van der Waals surface area (Å²) in [4.78, 5) is 18.5. The molecule has 2 aromatic carbocycles.